The van der Waals surface area contributed by atoms with Gasteiger partial charge in [0.25, 0.3) is 0 Å². The second kappa shape index (κ2) is 11.0. The molecule has 0 unspecified atom stereocenters. The smallest absolute Gasteiger partial charge is 0.191 e. The Morgan fingerprint density at radius 2 is 2.08 bits per heavy atom. The van der Waals surface area contributed by atoms with Gasteiger partial charge in [-0.2, -0.15) is 0 Å². The number of aliphatic imine (C=N–C) groups is 1. The third-order valence-electron chi connectivity index (χ3n) is 3.36. The number of thiazole rings is 1. The van der Waals surface area contributed by atoms with Gasteiger partial charge in [-0.15, -0.1) is 35.3 Å². The minimum absolute atomic E-state index is 0. The van der Waals surface area contributed by atoms with Crippen LogP contribution in [0.3, 0.4) is 0 Å². The highest BCUT2D eigenvalue weighted by molar-refractivity contribution is 14.0. The number of aryl methyl sites for hydroxylation is 2. The Bertz CT molecular complexity index is 672. The van der Waals surface area contributed by atoms with Crippen molar-refractivity contribution in [2.45, 2.75) is 33.7 Å². The predicted molar refractivity (Wildman–Crippen MR) is 118 cm³/mol. The van der Waals surface area contributed by atoms with E-state index in [0.29, 0.717) is 6.54 Å². The average Bonchev–Trinajstić information content (AvgIpc) is 2.91. The summed E-state index contributed by atoms with van der Waals surface area (Å²) in [6.45, 7) is 8.62. The van der Waals surface area contributed by atoms with Crippen molar-refractivity contribution >= 4 is 57.2 Å². The Hall–Kier alpha value is -0.670. The summed E-state index contributed by atoms with van der Waals surface area (Å²) in [7, 11) is 0. The average molecular weight is 523 g/mol. The molecule has 0 fully saturated rings. The zero-order valence-electron chi connectivity index (χ0n) is 14.2. The highest BCUT2D eigenvalue weighted by atomic mass is 127. The van der Waals surface area contributed by atoms with Crippen LogP contribution < -0.4 is 10.6 Å². The van der Waals surface area contributed by atoms with E-state index in [0.717, 1.165) is 35.0 Å². The number of aromatic nitrogens is 1. The van der Waals surface area contributed by atoms with Gasteiger partial charge in [0.15, 0.2) is 5.96 Å². The minimum atomic E-state index is 0. The van der Waals surface area contributed by atoms with E-state index in [9.17, 15) is 0 Å². The molecule has 0 spiro atoms. The second-order valence-electron chi connectivity index (χ2n) is 5.31. The molecule has 0 aliphatic carbocycles. The molecule has 7 heteroatoms. The molecule has 0 aliphatic heterocycles. The fourth-order valence-electron chi connectivity index (χ4n) is 2.15. The lowest BCUT2D eigenvalue weighted by molar-refractivity contribution is 0.796. The normalized spacial score (nSPS) is 11.1. The van der Waals surface area contributed by atoms with Gasteiger partial charge in [0.1, 0.15) is 0 Å². The van der Waals surface area contributed by atoms with Crippen LogP contribution >= 0.6 is 51.2 Å². The maximum Gasteiger partial charge on any atom is 0.191 e. The Kier molecular flexibility index (Phi) is 9.84. The molecule has 132 valence electrons. The summed E-state index contributed by atoms with van der Waals surface area (Å²) < 4.78 is 1.10. The molecule has 0 saturated heterocycles. The molecule has 0 saturated carbocycles. The number of hydrogen-bond acceptors (Lipinski definition) is 3. The molecule has 2 N–H and O–H groups in total. The highest BCUT2D eigenvalue weighted by Gasteiger charge is 2.02. The molecule has 24 heavy (non-hydrogen) atoms. The van der Waals surface area contributed by atoms with Crippen LogP contribution in [0.25, 0.3) is 0 Å². The quantitative estimate of drug-likeness (QED) is 0.335. The summed E-state index contributed by atoms with van der Waals surface area (Å²) in [6.07, 6.45) is 2.84. The van der Waals surface area contributed by atoms with Crippen molar-refractivity contribution in [1.82, 2.24) is 15.6 Å². The summed E-state index contributed by atoms with van der Waals surface area (Å²) in [5, 5.41) is 7.83. The Labute approximate surface area is 173 Å². The van der Waals surface area contributed by atoms with Gasteiger partial charge in [-0.05, 0) is 44.0 Å². The van der Waals surface area contributed by atoms with Gasteiger partial charge in [0.2, 0.25) is 0 Å². The first kappa shape index (κ1) is 21.4. The number of guanidine groups is 1. The van der Waals surface area contributed by atoms with E-state index in [4.69, 9.17) is 0 Å². The van der Waals surface area contributed by atoms with Gasteiger partial charge in [-0.3, -0.25) is 0 Å². The standard InChI is InChI=1S/C17H23BrN4S.HI/c1-4-19-17(20-8-7-16-21-10-13(3)23-16)22-11-14-5-6-15(18)9-12(14)2;/h5-6,9-10H,4,7-8,11H2,1-3H3,(H2,19,20,22);1H. The van der Waals surface area contributed by atoms with Crippen LogP contribution in [0.4, 0.5) is 0 Å². The summed E-state index contributed by atoms with van der Waals surface area (Å²) >= 11 is 5.24. The number of rotatable bonds is 6. The summed E-state index contributed by atoms with van der Waals surface area (Å²) in [5.74, 6) is 0.850. The highest BCUT2D eigenvalue weighted by Crippen LogP contribution is 2.16. The van der Waals surface area contributed by atoms with Crippen LogP contribution in [0.15, 0.2) is 33.9 Å². The number of nitrogens with zero attached hydrogens (tertiary/aromatic N) is 2. The van der Waals surface area contributed by atoms with Crippen molar-refractivity contribution in [2.24, 2.45) is 4.99 Å². The SMILES string of the molecule is CCNC(=NCc1ccc(Br)cc1C)NCCc1ncc(C)s1.I. The van der Waals surface area contributed by atoms with Crippen LogP contribution in [0.1, 0.15) is 27.9 Å². The van der Waals surface area contributed by atoms with Gasteiger partial charge >= 0.3 is 0 Å². The van der Waals surface area contributed by atoms with Crippen LogP contribution in [0.5, 0.6) is 0 Å². The molecule has 0 atom stereocenters. The number of nitrogens with one attached hydrogen (secondary N) is 2. The zero-order chi connectivity index (χ0) is 16.7. The Morgan fingerprint density at radius 3 is 2.71 bits per heavy atom. The van der Waals surface area contributed by atoms with Gasteiger partial charge in [0.05, 0.1) is 11.6 Å². The Balaban J connectivity index is 0.00000288. The van der Waals surface area contributed by atoms with Crippen molar-refractivity contribution in [1.29, 1.82) is 0 Å². The molecule has 1 aromatic heterocycles. The molecule has 1 aromatic carbocycles. The largest absolute Gasteiger partial charge is 0.357 e. The van der Waals surface area contributed by atoms with Crippen molar-refractivity contribution < 1.29 is 0 Å². The van der Waals surface area contributed by atoms with E-state index >= 15 is 0 Å². The Morgan fingerprint density at radius 1 is 1.29 bits per heavy atom. The van der Waals surface area contributed by atoms with E-state index < -0.39 is 0 Å². The van der Waals surface area contributed by atoms with E-state index in [1.165, 1.54) is 16.0 Å². The van der Waals surface area contributed by atoms with Crippen LogP contribution in [-0.2, 0) is 13.0 Å². The first-order valence-electron chi connectivity index (χ1n) is 7.77. The van der Waals surface area contributed by atoms with Crippen molar-refractivity contribution in [2.75, 3.05) is 13.1 Å². The van der Waals surface area contributed by atoms with Gasteiger partial charge in [0, 0.05) is 35.1 Å². The molecule has 0 radical (unpaired) electrons. The second-order valence-corrected chi connectivity index (χ2v) is 7.54. The van der Waals surface area contributed by atoms with Crippen LogP contribution in [0.2, 0.25) is 0 Å². The third kappa shape index (κ3) is 7.06. The molecule has 4 nitrogen and oxygen atoms in total. The van der Waals surface area contributed by atoms with E-state index in [-0.39, 0.29) is 24.0 Å². The number of benzene rings is 1. The fraction of sp³-hybridized carbons (Fsp3) is 0.412. The van der Waals surface area contributed by atoms with Crippen LogP contribution in [0, 0.1) is 13.8 Å². The van der Waals surface area contributed by atoms with E-state index in [1.807, 2.05) is 6.20 Å². The third-order valence-corrected chi connectivity index (χ3v) is 4.82. The van der Waals surface area contributed by atoms with Crippen molar-refractivity contribution in [3.63, 3.8) is 0 Å². The van der Waals surface area contributed by atoms with E-state index in [1.54, 1.807) is 11.3 Å². The lowest BCUT2D eigenvalue weighted by atomic mass is 10.1. The van der Waals surface area contributed by atoms with Gasteiger partial charge in [-0.1, -0.05) is 22.0 Å². The summed E-state index contributed by atoms with van der Waals surface area (Å²) in [6, 6.07) is 6.30. The lowest BCUT2D eigenvalue weighted by Crippen LogP contribution is -2.38. The maximum atomic E-state index is 4.67. The molecule has 1 heterocycles. The molecule has 2 aromatic rings. The molecule has 0 bridgehead atoms. The van der Waals surface area contributed by atoms with Crippen molar-refractivity contribution in [3.05, 3.63) is 49.9 Å². The molecular weight excluding hydrogens is 499 g/mol. The van der Waals surface area contributed by atoms with Crippen LogP contribution in [-0.4, -0.2) is 24.0 Å². The predicted octanol–water partition coefficient (Wildman–Crippen LogP) is 4.44. The molecule has 0 aliphatic rings. The molecule has 2 rings (SSSR count). The first-order valence-corrected chi connectivity index (χ1v) is 9.38. The topological polar surface area (TPSA) is 49.3 Å². The van der Waals surface area contributed by atoms with Gasteiger partial charge < -0.3 is 10.6 Å². The van der Waals surface area contributed by atoms with Gasteiger partial charge in [-0.25, -0.2) is 9.98 Å². The molecular formula is C17H24BrIN4S. The summed E-state index contributed by atoms with van der Waals surface area (Å²) in [5.41, 5.74) is 2.48. The molecule has 0 amide bonds. The van der Waals surface area contributed by atoms with E-state index in [2.05, 4.69) is 75.5 Å². The minimum Gasteiger partial charge on any atom is -0.357 e. The monoisotopic (exact) mass is 522 g/mol. The number of hydrogen-bond donors (Lipinski definition) is 2. The summed E-state index contributed by atoms with van der Waals surface area (Å²) in [4.78, 5) is 10.3. The zero-order valence-corrected chi connectivity index (χ0v) is 19.0. The fourth-order valence-corrected chi connectivity index (χ4v) is 3.41. The number of halogens is 2. The maximum absolute atomic E-state index is 4.67. The van der Waals surface area contributed by atoms with Crippen molar-refractivity contribution in [3.8, 4) is 0 Å². The first-order chi connectivity index (χ1) is 11.1. The lowest BCUT2D eigenvalue weighted by Gasteiger charge is -2.11.